The fraction of sp³-hybridized carbons (Fsp3) is 0.900. The summed E-state index contributed by atoms with van der Waals surface area (Å²) in [5, 5.41) is 12.6. The number of carbonyl (C=O) groups is 1. The Kier molecular flexibility index (Phi) is 3.89. The van der Waals surface area contributed by atoms with Crippen LogP contribution < -0.4 is 5.32 Å². The van der Waals surface area contributed by atoms with Gasteiger partial charge in [0.1, 0.15) is 5.54 Å². The van der Waals surface area contributed by atoms with Crippen LogP contribution in [0.2, 0.25) is 0 Å². The van der Waals surface area contributed by atoms with Crippen LogP contribution in [0.25, 0.3) is 0 Å². The van der Waals surface area contributed by atoms with Crippen molar-refractivity contribution in [2.24, 2.45) is 0 Å². The number of hydrogen-bond acceptors (Lipinski definition) is 3. The van der Waals surface area contributed by atoms with E-state index in [1.807, 2.05) is 13.8 Å². The number of piperidine rings is 1. The van der Waals surface area contributed by atoms with Crippen molar-refractivity contribution in [3.8, 4) is 0 Å². The third kappa shape index (κ3) is 1.91. The van der Waals surface area contributed by atoms with Crippen LogP contribution in [0.5, 0.6) is 0 Å². The summed E-state index contributed by atoms with van der Waals surface area (Å²) in [6, 6.07) is 0. The lowest BCUT2D eigenvalue weighted by molar-refractivity contribution is -0.153. The molecule has 14 heavy (non-hydrogen) atoms. The Balaban J connectivity index is 2.83. The Morgan fingerprint density at radius 2 is 1.86 bits per heavy atom. The molecule has 1 aliphatic heterocycles. The summed E-state index contributed by atoms with van der Waals surface area (Å²) < 4.78 is 0. The molecule has 0 amide bonds. The van der Waals surface area contributed by atoms with Gasteiger partial charge >= 0.3 is 5.97 Å². The largest absolute Gasteiger partial charge is 0.480 e. The third-order valence-corrected chi connectivity index (χ3v) is 3.20. The Morgan fingerprint density at radius 3 is 2.21 bits per heavy atom. The second-order valence-electron chi connectivity index (χ2n) is 3.76. The standard InChI is InChI=1S/C10H20N2O2/c1-3-12(4-2)10(9(13)14)5-7-11-8-6-10/h11H,3-8H2,1-2H3,(H,13,14). The normalized spacial score (nSPS) is 21.1. The van der Waals surface area contributed by atoms with Crippen LogP contribution >= 0.6 is 0 Å². The highest BCUT2D eigenvalue weighted by atomic mass is 16.4. The van der Waals surface area contributed by atoms with E-state index in [9.17, 15) is 9.90 Å². The number of likely N-dealkylation sites (N-methyl/N-ethyl adjacent to an activating group) is 1. The van der Waals surface area contributed by atoms with Crippen molar-refractivity contribution < 1.29 is 9.90 Å². The second-order valence-corrected chi connectivity index (χ2v) is 3.76. The van der Waals surface area contributed by atoms with Crippen LogP contribution in [0, 0.1) is 0 Å². The minimum absolute atomic E-state index is 0.616. The van der Waals surface area contributed by atoms with E-state index in [-0.39, 0.29) is 0 Å². The maximum Gasteiger partial charge on any atom is 0.324 e. The van der Waals surface area contributed by atoms with E-state index in [1.54, 1.807) is 0 Å². The number of aliphatic carboxylic acids is 1. The number of nitrogens with zero attached hydrogens (tertiary/aromatic N) is 1. The first-order valence-electron chi connectivity index (χ1n) is 5.36. The summed E-state index contributed by atoms with van der Waals surface area (Å²) in [6.07, 6.45) is 1.42. The summed E-state index contributed by atoms with van der Waals surface area (Å²) in [5.74, 6) is -0.664. The molecule has 0 aliphatic carbocycles. The molecule has 0 aromatic heterocycles. The minimum Gasteiger partial charge on any atom is -0.480 e. The zero-order chi connectivity index (χ0) is 10.6. The van der Waals surface area contributed by atoms with Crippen molar-refractivity contribution in [1.82, 2.24) is 10.2 Å². The highest BCUT2D eigenvalue weighted by molar-refractivity contribution is 5.79. The molecule has 0 atom stereocenters. The van der Waals surface area contributed by atoms with Gasteiger partial charge in [0.2, 0.25) is 0 Å². The summed E-state index contributed by atoms with van der Waals surface area (Å²) in [5.41, 5.74) is -0.616. The molecular weight excluding hydrogens is 180 g/mol. The second kappa shape index (κ2) is 4.75. The van der Waals surface area contributed by atoms with Crippen molar-refractivity contribution in [1.29, 1.82) is 0 Å². The first-order valence-corrected chi connectivity index (χ1v) is 5.36. The monoisotopic (exact) mass is 200 g/mol. The fourth-order valence-electron chi connectivity index (χ4n) is 2.33. The van der Waals surface area contributed by atoms with Gasteiger partial charge in [-0.1, -0.05) is 13.8 Å². The molecule has 4 heteroatoms. The van der Waals surface area contributed by atoms with E-state index >= 15 is 0 Å². The average molecular weight is 200 g/mol. The van der Waals surface area contributed by atoms with E-state index in [1.165, 1.54) is 0 Å². The van der Waals surface area contributed by atoms with E-state index in [2.05, 4.69) is 10.2 Å². The van der Waals surface area contributed by atoms with Gasteiger partial charge in [-0.2, -0.15) is 0 Å². The summed E-state index contributed by atoms with van der Waals surface area (Å²) in [4.78, 5) is 13.4. The smallest absolute Gasteiger partial charge is 0.324 e. The molecule has 0 spiro atoms. The topological polar surface area (TPSA) is 52.6 Å². The first kappa shape index (κ1) is 11.5. The van der Waals surface area contributed by atoms with Gasteiger partial charge in [-0.15, -0.1) is 0 Å². The average Bonchev–Trinajstić information content (AvgIpc) is 2.21. The predicted octanol–water partition coefficient (Wildman–Crippen LogP) is 0.535. The molecule has 1 fully saturated rings. The fourth-order valence-corrected chi connectivity index (χ4v) is 2.33. The predicted molar refractivity (Wildman–Crippen MR) is 55.4 cm³/mol. The van der Waals surface area contributed by atoms with Crippen LogP contribution in [-0.2, 0) is 4.79 Å². The molecule has 0 unspecified atom stereocenters. The highest BCUT2D eigenvalue weighted by Gasteiger charge is 2.43. The molecule has 1 saturated heterocycles. The van der Waals surface area contributed by atoms with E-state index in [0.29, 0.717) is 12.8 Å². The van der Waals surface area contributed by atoms with Crippen molar-refractivity contribution in [2.75, 3.05) is 26.2 Å². The zero-order valence-corrected chi connectivity index (χ0v) is 9.05. The number of nitrogens with one attached hydrogen (secondary N) is 1. The van der Waals surface area contributed by atoms with Crippen molar-refractivity contribution >= 4 is 5.97 Å². The molecule has 1 aliphatic rings. The van der Waals surface area contributed by atoms with Gasteiger partial charge in [-0.25, -0.2) is 0 Å². The molecule has 0 bridgehead atoms. The Hall–Kier alpha value is -0.610. The number of carboxylic acids is 1. The molecular formula is C10H20N2O2. The van der Waals surface area contributed by atoms with Crippen molar-refractivity contribution in [2.45, 2.75) is 32.2 Å². The van der Waals surface area contributed by atoms with Crippen LogP contribution in [-0.4, -0.2) is 47.7 Å². The van der Waals surface area contributed by atoms with Crippen LogP contribution in [0.4, 0.5) is 0 Å². The minimum atomic E-state index is -0.664. The lowest BCUT2D eigenvalue weighted by Gasteiger charge is -2.42. The third-order valence-electron chi connectivity index (χ3n) is 3.20. The van der Waals surface area contributed by atoms with Crippen LogP contribution in [0.15, 0.2) is 0 Å². The molecule has 1 heterocycles. The molecule has 0 saturated carbocycles. The molecule has 0 aromatic carbocycles. The van der Waals surface area contributed by atoms with Gasteiger partial charge < -0.3 is 10.4 Å². The Morgan fingerprint density at radius 1 is 1.36 bits per heavy atom. The summed E-state index contributed by atoms with van der Waals surface area (Å²) in [6.45, 7) is 7.28. The van der Waals surface area contributed by atoms with Crippen LogP contribution in [0.3, 0.4) is 0 Å². The van der Waals surface area contributed by atoms with Gasteiger partial charge in [0, 0.05) is 0 Å². The zero-order valence-electron chi connectivity index (χ0n) is 9.05. The van der Waals surface area contributed by atoms with Gasteiger partial charge in [-0.3, -0.25) is 9.69 Å². The Labute approximate surface area is 85.3 Å². The van der Waals surface area contributed by atoms with Gasteiger partial charge in [0.15, 0.2) is 0 Å². The quantitative estimate of drug-likeness (QED) is 0.695. The molecule has 1 rings (SSSR count). The summed E-state index contributed by atoms with van der Waals surface area (Å²) >= 11 is 0. The summed E-state index contributed by atoms with van der Waals surface area (Å²) in [7, 11) is 0. The van der Waals surface area contributed by atoms with E-state index < -0.39 is 11.5 Å². The van der Waals surface area contributed by atoms with Gasteiger partial charge in [0.05, 0.1) is 0 Å². The highest BCUT2D eigenvalue weighted by Crippen LogP contribution is 2.26. The maximum atomic E-state index is 11.4. The SMILES string of the molecule is CCN(CC)C1(C(=O)O)CCNCC1. The molecule has 0 aromatic rings. The lowest BCUT2D eigenvalue weighted by atomic mass is 9.86. The number of carboxylic acid groups (broad SMARTS) is 1. The molecule has 2 N–H and O–H groups in total. The number of hydrogen-bond donors (Lipinski definition) is 2. The lowest BCUT2D eigenvalue weighted by Crippen LogP contribution is -2.59. The maximum absolute atomic E-state index is 11.4. The first-order chi connectivity index (χ1) is 6.67. The van der Waals surface area contributed by atoms with Crippen molar-refractivity contribution in [3.63, 3.8) is 0 Å². The van der Waals surface area contributed by atoms with Crippen LogP contribution in [0.1, 0.15) is 26.7 Å². The van der Waals surface area contributed by atoms with E-state index in [4.69, 9.17) is 0 Å². The molecule has 4 nitrogen and oxygen atoms in total. The Bertz CT molecular complexity index is 196. The molecule has 0 radical (unpaired) electrons. The van der Waals surface area contributed by atoms with Crippen molar-refractivity contribution in [3.05, 3.63) is 0 Å². The molecule has 82 valence electrons. The number of rotatable bonds is 4. The van der Waals surface area contributed by atoms with E-state index in [0.717, 1.165) is 26.2 Å². The van der Waals surface area contributed by atoms with Gasteiger partial charge in [-0.05, 0) is 39.0 Å². The van der Waals surface area contributed by atoms with Gasteiger partial charge in [0.25, 0.3) is 0 Å².